The second kappa shape index (κ2) is 5.21. The van der Waals surface area contributed by atoms with Gasteiger partial charge in [0.25, 0.3) is 0 Å². The Morgan fingerprint density at radius 3 is 2.68 bits per heavy atom. The average Bonchev–Trinajstić information content (AvgIpc) is 2.72. The second-order valence-corrected chi connectivity index (χ2v) is 7.29. The van der Waals surface area contributed by atoms with Gasteiger partial charge >= 0.3 is 0 Å². The highest BCUT2D eigenvalue weighted by Gasteiger charge is 2.48. The molecule has 1 heterocycles. The smallest absolute Gasteiger partial charge is 0.155 e. The standard InChI is InChI=1S/C15H17Br2NO/c1-10-5-6-11(9-12(10)16)13-14(17)15(19-18-13)7-3-2-4-8-15/h5-6,9,14H,2-4,7-8H2,1H3. The van der Waals surface area contributed by atoms with Gasteiger partial charge in [0, 0.05) is 10.0 Å². The lowest BCUT2D eigenvalue weighted by molar-refractivity contribution is -0.0408. The molecule has 1 aliphatic carbocycles. The fourth-order valence-corrected chi connectivity index (χ4v) is 4.20. The van der Waals surface area contributed by atoms with E-state index in [2.05, 4.69) is 62.1 Å². The van der Waals surface area contributed by atoms with Crippen molar-refractivity contribution in [3.63, 3.8) is 0 Å². The summed E-state index contributed by atoms with van der Waals surface area (Å²) in [4.78, 5) is 6.06. The molecule has 0 aromatic heterocycles. The van der Waals surface area contributed by atoms with Gasteiger partial charge in [-0.25, -0.2) is 0 Å². The highest BCUT2D eigenvalue weighted by molar-refractivity contribution is 9.10. The fraction of sp³-hybridized carbons (Fsp3) is 0.533. The molecule has 1 atom stereocenters. The Balaban J connectivity index is 1.88. The molecule has 1 aromatic rings. The molecule has 1 saturated carbocycles. The predicted octanol–water partition coefficient (Wildman–Crippen LogP) is 4.96. The summed E-state index contributed by atoms with van der Waals surface area (Å²) in [6.45, 7) is 2.09. The van der Waals surface area contributed by atoms with Crippen LogP contribution in [0, 0.1) is 6.92 Å². The van der Waals surface area contributed by atoms with Crippen molar-refractivity contribution >= 4 is 37.6 Å². The number of rotatable bonds is 1. The van der Waals surface area contributed by atoms with Gasteiger partial charge in [0.05, 0.1) is 0 Å². The van der Waals surface area contributed by atoms with Crippen molar-refractivity contribution in [2.75, 3.05) is 0 Å². The zero-order valence-corrected chi connectivity index (χ0v) is 14.1. The molecule has 102 valence electrons. The zero-order chi connectivity index (χ0) is 13.5. The van der Waals surface area contributed by atoms with Crippen molar-refractivity contribution in [3.8, 4) is 0 Å². The summed E-state index contributed by atoms with van der Waals surface area (Å²) in [6, 6.07) is 6.37. The normalized spacial score (nSPS) is 25.2. The van der Waals surface area contributed by atoms with Gasteiger partial charge < -0.3 is 4.84 Å². The Bertz CT molecular complexity index is 521. The van der Waals surface area contributed by atoms with Crippen LogP contribution in [0.5, 0.6) is 0 Å². The van der Waals surface area contributed by atoms with Gasteiger partial charge in [0.1, 0.15) is 10.5 Å². The topological polar surface area (TPSA) is 21.6 Å². The summed E-state index contributed by atoms with van der Waals surface area (Å²) in [5.41, 5.74) is 3.30. The van der Waals surface area contributed by atoms with E-state index in [9.17, 15) is 0 Å². The molecule has 0 bridgehead atoms. The SMILES string of the molecule is Cc1ccc(C2=NOC3(CCCCC3)C2Br)cc1Br. The maximum atomic E-state index is 5.86. The van der Waals surface area contributed by atoms with Gasteiger partial charge in [0.15, 0.2) is 5.60 Å². The quantitative estimate of drug-likeness (QED) is 0.625. The Morgan fingerprint density at radius 1 is 1.26 bits per heavy atom. The number of hydrogen-bond donors (Lipinski definition) is 0. The number of aryl methyl sites for hydroxylation is 1. The lowest BCUT2D eigenvalue weighted by Crippen LogP contribution is -2.41. The van der Waals surface area contributed by atoms with Crippen LogP contribution in [0.4, 0.5) is 0 Å². The summed E-state index contributed by atoms with van der Waals surface area (Å²) in [5.74, 6) is 0. The van der Waals surface area contributed by atoms with E-state index in [4.69, 9.17) is 4.84 Å². The maximum absolute atomic E-state index is 5.86. The second-order valence-electron chi connectivity index (χ2n) is 5.52. The van der Waals surface area contributed by atoms with Gasteiger partial charge in [-0.1, -0.05) is 55.6 Å². The van der Waals surface area contributed by atoms with Crippen LogP contribution in [0.2, 0.25) is 0 Å². The lowest BCUT2D eigenvalue weighted by Gasteiger charge is -2.33. The molecule has 1 unspecified atom stereocenters. The molecule has 0 saturated heterocycles. The molecule has 2 aliphatic rings. The molecule has 0 N–H and O–H groups in total. The molecule has 0 radical (unpaired) electrons. The van der Waals surface area contributed by atoms with Gasteiger partial charge in [-0.05, 0) is 44.2 Å². The molecule has 1 aliphatic heterocycles. The van der Waals surface area contributed by atoms with Crippen molar-refractivity contribution in [2.24, 2.45) is 5.16 Å². The molecular formula is C15H17Br2NO. The molecule has 1 fully saturated rings. The summed E-state index contributed by atoms with van der Waals surface area (Å²) in [5, 5.41) is 4.38. The van der Waals surface area contributed by atoms with Crippen LogP contribution in [0.25, 0.3) is 0 Å². The first kappa shape index (κ1) is 13.6. The van der Waals surface area contributed by atoms with Crippen molar-refractivity contribution in [3.05, 3.63) is 33.8 Å². The first-order valence-corrected chi connectivity index (χ1v) is 8.50. The van der Waals surface area contributed by atoms with Gasteiger partial charge in [0.2, 0.25) is 0 Å². The Morgan fingerprint density at radius 2 is 2.00 bits per heavy atom. The predicted molar refractivity (Wildman–Crippen MR) is 85.0 cm³/mol. The third-order valence-corrected chi connectivity index (χ3v) is 6.32. The number of oxime groups is 1. The molecule has 4 heteroatoms. The first-order valence-electron chi connectivity index (χ1n) is 6.79. The Kier molecular flexibility index (Phi) is 3.73. The number of halogens is 2. The van der Waals surface area contributed by atoms with Crippen molar-refractivity contribution < 1.29 is 4.84 Å². The number of nitrogens with zero attached hydrogens (tertiary/aromatic N) is 1. The van der Waals surface area contributed by atoms with E-state index in [1.54, 1.807) is 0 Å². The summed E-state index contributed by atoms with van der Waals surface area (Å²) < 4.78 is 1.12. The van der Waals surface area contributed by atoms with Crippen LogP contribution in [0.3, 0.4) is 0 Å². The van der Waals surface area contributed by atoms with E-state index in [0.717, 1.165) is 28.6 Å². The van der Waals surface area contributed by atoms with E-state index in [1.807, 2.05) is 0 Å². The van der Waals surface area contributed by atoms with Gasteiger partial charge in [-0.15, -0.1) is 0 Å². The molecular weight excluding hydrogens is 370 g/mol. The number of benzene rings is 1. The molecule has 2 nitrogen and oxygen atoms in total. The van der Waals surface area contributed by atoms with E-state index in [-0.39, 0.29) is 10.4 Å². The molecule has 1 spiro atoms. The van der Waals surface area contributed by atoms with Crippen molar-refractivity contribution in [1.29, 1.82) is 0 Å². The minimum atomic E-state index is -0.106. The third kappa shape index (κ3) is 2.38. The molecule has 1 aromatic carbocycles. The Labute approximate surface area is 130 Å². The van der Waals surface area contributed by atoms with Crippen LogP contribution in [-0.4, -0.2) is 16.1 Å². The minimum absolute atomic E-state index is 0.106. The third-order valence-electron chi connectivity index (χ3n) is 4.20. The van der Waals surface area contributed by atoms with Crippen LogP contribution in [-0.2, 0) is 4.84 Å². The highest BCUT2D eigenvalue weighted by atomic mass is 79.9. The lowest BCUT2D eigenvalue weighted by atomic mass is 9.80. The largest absolute Gasteiger partial charge is 0.387 e. The van der Waals surface area contributed by atoms with Crippen molar-refractivity contribution in [1.82, 2.24) is 0 Å². The van der Waals surface area contributed by atoms with Crippen LogP contribution >= 0.6 is 31.9 Å². The minimum Gasteiger partial charge on any atom is -0.387 e. The molecule has 19 heavy (non-hydrogen) atoms. The van der Waals surface area contributed by atoms with E-state index < -0.39 is 0 Å². The summed E-state index contributed by atoms with van der Waals surface area (Å²) >= 11 is 7.42. The van der Waals surface area contributed by atoms with E-state index in [1.165, 1.54) is 24.8 Å². The van der Waals surface area contributed by atoms with Gasteiger partial charge in [-0.2, -0.15) is 0 Å². The molecule has 0 amide bonds. The van der Waals surface area contributed by atoms with Crippen LogP contribution in [0.15, 0.2) is 27.8 Å². The Hall–Kier alpha value is -0.350. The van der Waals surface area contributed by atoms with Crippen LogP contribution in [0.1, 0.15) is 43.2 Å². The first-order chi connectivity index (χ1) is 9.12. The monoisotopic (exact) mass is 385 g/mol. The zero-order valence-electron chi connectivity index (χ0n) is 11.0. The number of hydrogen-bond acceptors (Lipinski definition) is 2. The van der Waals surface area contributed by atoms with E-state index >= 15 is 0 Å². The number of alkyl halides is 1. The van der Waals surface area contributed by atoms with Gasteiger partial charge in [-0.3, -0.25) is 0 Å². The fourth-order valence-electron chi connectivity index (χ4n) is 2.93. The maximum Gasteiger partial charge on any atom is 0.155 e. The van der Waals surface area contributed by atoms with Crippen molar-refractivity contribution in [2.45, 2.75) is 49.5 Å². The summed E-state index contributed by atoms with van der Waals surface area (Å²) in [6.07, 6.45) is 5.99. The average molecular weight is 387 g/mol. The van der Waals surface area contributed by atoms with E-state index in [0.29, 0.717) is 0 Å². The summed E-state index contributed by atoms with van der Waals surface area (Å²) in [7, 11) is 0. The molecule has 3 rings (SSSR count). The van der Waals surface area contributed by atoms with Crippen LogP contribution < -0.4 is 0 Å². The highest BCUT2D eigenvalue weighted by Crippen LogP contribution is 2.43.